The van der Waals surface area contributed by atoms with Crippen LogP contribution in [-0.4, -0.2) is 23.5 Å². The average molecular weight is 409 g/mol. The van der Waals surface area contributed by atoms with Crippen LogP contribution in [0.2, 0.25) is 5.02 Å². The Bertz CT molecular complexity index is 931. The highest BCUT2D eigenvalue weighted by atomic mass is 35.5. The lowest BCUT2D eigenvalue weighted by Crippen LogP contribution is -2.52. The first-order valence-corrected chi connectivity index (χ1v) is 9.86. The lowest BCUT2D eigenvalue weighted by molar-refractivity contribution is -0.130. The van der Waals surface area contributed by atoms with Gasteiger partial charge in [-0.1, -0.05) is 30.9 Å². The Morgan fingerprint density at radius 2 is 2.07 bits per heavy atom. The molecule has 1 saturated carbocycles. The number of hydrogen-bond acceptors (Lipinski definition) is 5. The third kappa shape index (κ3) is 4.07. The molecule has 1 aromatic carbocycles. The second-order valence-corrected chi connectivity index (χ2v) is 8.11. The number of carbonyl (C=O) groups excluding carboxylic acids is 2. The van der Waals surface area contributed by atoms with E-state index < -0.39 is 29.3 Å². The number of rotatable bonds is 4. The first kappa shape index (κ1) is 19.6. The van der Waals surface area contributed by atoms with E-state index in [1.54, 1.807) is 0 Å². The SMILES string of the molecule is C[C@@H](OC(=O)c1sc2cc(F)ccc2c1Cl)C(=O)NC1(C#N)CCCCC1. The Morgan fingerprint density at radius 3 is 2.74 bits per heavy atom. The molecule has 0 spiro atoms. The summed E-state index contributed by atoms with van der Waals surface area (Å²) >= 11 is 7.22. The lowest BCUT2D eigenvalue weighted by atomic mass is 9.83. The number of fused-ring (bicyclic) bond motifs is 1. The van der Waals surface area contributed by atoms with Gasteiger partial charge in [-0.25, -0.2) is 9.18 Å². The van der Waals surface area contributed by atoms with Gasteiger partial charge in [0.05, 0.1) is 11.1 Å². The van der Waals surface area contributed by atoms with Gasteiger partial charge in [0.2, 0.25) is 0 Å². The number of benzene rings is 1. The summed E-state index contributed by atoms with van der Waals surface area (Å²) in [5.41, 5.74) is -0.900. The number of carbonyl (C=O) groups is 2. The quantitative estimate of drug-likeness (QED) is 0.751. The second kappa shape index (κ2) is 7.83. The van der Waals surface area contributed by atoms with E-state index in [9.17, 15) is 19.2 Å². The summed E-state index contributed by atoms with van der Waals surface area (Å²) in [6.45, 7) is 1.45. The third-order valence-electron chi connectivity index (χ3n) is 4.71. The zero-order valence-corrected chi connectivity index (χ0v) is 16.3. The molecule has 142 valence electrons. The van der Waals surface area contributed by atoms with E-state index >= 15 is 0 Å². The van der Waals surface area contributed by atoms with Crippen molar-refractivity contribution in [2.45, 2.75) is 50.7 Å². The molecular formula is C19H18ClFN2O3S. The molecule has 27 heavy (non-hydrogen) atoms. The van der Waals surface area contributed by atoms with Crippen molar-refractivity contribution in [3.63, 3.8) is 0 Å². The molecule has 1 heterocycles. The first-order chi connectivity index (χ1) is 12.8. The topological polar surface area (TPSA) is 79.2 Å². The number of thiophene rings is 1. The van der Waals surface area contributed by atoms with Gasteiger partial charge >= 0.3 is 5.97 Å². The van der Waals surface area contributed by atoms with Gasteiger partial charge in [0.25, 0.3) is 5.91 Å². The summed E-state index contributed by atoms with van der Waals surface area (Å²) in [6, 6.07) is 6.24. The molecule has 1 aliphatic carbocycles. The number of esters is 1. The molecule has 0 unspecified atom stereocenters. The molecule has 0 bridgehead atoms. The molecule has 8 heteroatoms. The normalized spacial score (nSPS) is 17.1. The van der Waals surface area contributed by atoms with Crippen molar-refractivity contribution in [3.05, 3.63) is 33.9 Å². The van der Waals surface area contributed by atoms with Crippen LogP contribution in [0.15, 0.2) is 18.2 Å². The standard InChI is InChI=1S/C19H18ClFN2O3S/c1-11(17(24)23-19(10-22)7-3-2-4-8-19)26-18(25)16-15(20)13-6-5-12(21)9-14(13)27-16/h5-6,9,11H,2-4,7-8H2,1H3,(H,23,24)/t11-/m1/s1. The maximum absolute atomic E-state index is 13.4. The van der Waals surface area contributed by atoms with Gasteiger partial charge < -0.3 is 10.1 Å². The molecule has 1 fully saturated rings. The maximum Gasteiger partial charge on any atom is 0.350 e. The van der Waals surface area contributed by atoms with Gasteiger partial charge in [-0.3, -0.25) is 4.79 Å². The zero-order chi connectivity index (χ0) is 19.6. The predicted molar refractivity (Wildman–Crippen MR) is 101 cm³/mol. The van der Waals surface area contributed by atoms with Crippen molar-refractivity contribution in [1.82, 2.24) is 5.32 Å². The van der Waals surface area contributed by atoms with Crippen LogP contribution in [0.5, 0.6) is 0 Å². The minimum Gasteiger partial charge on any atom is -0.448 e. The highest BCUT2D eigenvalue weighted by molar-refractivity contribution is 7.21. The second-order valence-electron chi connectivity index (χ2n) is 6.68. The summed E-state index contributed by atoms with van der Waals surface area (Å²) in [5, 5.41) is 12.9. The Hall–Kier alpha value is -2.17. The minimum absolute atomic E-state index is 0.115. The molecule has 2 aromatic rings. The van der Waals surface area contributed by atoms with E-state index in [0.29, 0.717) is 22.9 Å². The van der Waals surface area contributed by atoms with Crippen molar-refractivity contribution < 1.29 is 18.7 Å². The van der Waals surface area contributed by atoms with Crippen molar-refractivity contribution in [1.29, 1.82) is 5.26 Å². The monoisotopic (exact) mass is 408 g/mol. The lowest BCUT2D eigenvalue weighted by Gasteiger charge is -2.32. The summed E-state index contributed by atoms with van der Waals surface area (Å²) in [6.07, 6.45) is 2.87. The molecule has 1 aromatic heterocycles. The number of nitrogens with zero attached hydrogens (tertiary/aromatic N) is 1. The average Bonchev–Trinajstić information content (AvgIpc) is 2.98. The van der Waals surface area contributed by atoms with Gasteiger partial charge in [0.1, 0.15) is 16.2 Å². The van der Waals surface area contributed by atoms with Crippen LogP contribution in [0, 0.1) is 17.1 Å². The maximum atomic E-state index is 13.4. The fourth-order valence-corrected chi connectivity index (χ4v) is 4.61. The Labute approximate surface area is 165 Å². The molecule has 0 radical (unpaired) electrons. The van der Waals surface area contributed by atoms with Crippen molar-refractivity contribution in [2.75, 3.05) is 0 Å². The van der Waals surface area contributed by atoms with Gasteiger partial charge in [0.15, 0.2) is 6.10 Å². The zero-order valence-electron chi connectivity index (χ0n) is 14.7. The number of halogens is 2. The highest BCUT2D eigenvalue weighted by Crippen LogP contribution is 2.36. The smallest absolute Gasteiger partial charge is 0.350 e. The number of hydrogen-bond donors (Lipinski definition) is 1. The molecule has 5 nitrogen and oxygen atoms in total. The number of ether oxygens (including phenoxy) is 1. The van der Waals surface area contributed by atoms with Gasteiger partial charge in [0, 0.05) is 10.1 Å². The summed E-state index contributed by atoms with van der Waals surface area (Å²) < 4.78 is 19.1. The van der Waals surface area contributed by atoms with Crippen LogP contribution < -0.4 is 5.32 Å². The molecule has 1 N–H and O–H groups in total. The van der Waals surface area contributed by atoms with Gasteiger partial charge in [-0.15, -0.1) is 11.3 Å². The molecule has 1 amide bonds. The van der Waals surface area contributed by atoms with E-state index in [-0.39, 0.29) is 9.90 Å². The van der Waals surface area contributed by atoms with Crippen molar-refractivity contribution in [3.8, 4) is 6.07 Å². The van der Waals surface area contributed by atoms with E-state index in [2.05, 4.69) is 11.4 Å². The first-order valence-electron chi connectivity index (χ1n) is 8.67. The van der Waals surface area contributed by atoms with Crippen LogP contribution in [-0.2, 0) is 9.53 Å². The number of amides is 1. The Balaban J connectivity index is 1.71. The van der Waals surface area contributed by atoms with E-state index in [0.717, 1.165) is 30.6 Å². The highest BCUT2D eigenvalue weighted by Gasteiger charge is 2.35. The van der Waals surface area contributed by atoms with Gasteiger partial charge in [-0.2, -0.15) is 5.26 Å². The van der Waals surface area contributed by atoms with Gasteiger partial charge in [-0.05, 0) is 38.0 Å². The van der Waals surface area contributed by atoms with Crippen LogP contribution in [0.3, 0.4) is 0 Å². The van der Waals surface area contributed by atoms with E-state index in [1.165, 1.54) is 25.1 Å². The summed E-state index contributed by atoms with van der Waals surface area (Å²) in [5.74, 6) is -1.70. The van der Waals surface area contributed by atoms with Crippen LogP contribution >= 0.6 is 22.9 Å². The fourth-order valence-electron chi connectivity index (χ4n) is 3.20. The van der Waals surface area contributed by atoms with Crippen molar-refractivity contribution >= 4 is 44.9 Å². The number of nitrogens with one attached hydrogen (secondary N) is 1. The molecule has 0 saturated heterocycles. The molecule has 1 atom stereocenters. The van der Waals surface area contributed by atoms with Crippen molar-refractivity contribution in [2.24, 2.45) is 0 Å². The largest absolute Gasteiger partial charge is 0.448 e. The van der Waals surface area contributed by atoms with E-state index in [4.69, 9.17) is 16.3 Å². The Morgan fingerprint density at radius 1 is 1.37 bits per heavy atom. The Kier molecular flexibility index (Phi) is 5.68. The fraction of sp³-hybridized carbons (Fsp3) is 0.421. The minimum atomic E-state index is -1.08. The molecule has 3 rings (SSSR count). The van der Waals surface area contributed by atoms with E-state index in [1.807, 2.05) is 0 Å². The predicted octanol–water partition coefficient (Wildman–Crippen LogP) is 4.58. The molecule has 0 aliphatic heterocycles. The van der Waals surface area contributed by atoms with Crippen LogP contribution in [0.25, 0.3) is 10.1 Å². The number of nitriles is 1. The molecular weight excluding hydrogens is 391 g/mol. The summed E-state index contributed by atoms with van der Waals surface area (Å²) in [7, 11) is 0. The van der Waals surface area contributed by atoms with Crippen LogP contribution in [0.1, 0.15) is 48.7 Å². The summed E-state index contributed by atoms with van der Waals surface area (Å²) in [4.78, 5) is 25.0. The third-order valence-corrected chi connectivity index (χ3v) is 6.35. The van der Waals surface area contributed by atoms with Crippen LogP contribution in [0.4, 0.5) is 4.39 Å². The molecule has 1 aliphatic rings.